The molecule has 1 aromatic rings. The molecule has 6 nitrogen and oxygen atoms in total. The molecule has 100 valence electrons. The Kier molecular flexibility index (Phi) is 4.69. The predicted octanol–water partition coefficient (Wildman–Crippen LogP) is 0.243. The zero-order valence-electron chi connectivity index (χ0n) is 9.94. The van der Waals surface area contributed by atoms with Crippen molar-refractivity contribution in [2.75, 3.05) is 18.1 Å². The SMILES string of the molecule is CCS(=O)(=O)[C@@H](CO)/C(=N\O)c1cccc(N)c1. The number of sulfone groups is 1. The maximum Gasteiger partial charge on any atom is 0.161 e. The smallest absolute Gasteiger partial charge is 0.161 e. The molecule has 0 radical (unpaired) electrons. The summed E-state index contributed by atoms with van der Waals surface area (Å²) in [5.41, 5.74) is 6.27. The number of hydrogen-bond donors (Lipinski definition) is 3. The van der Waals surface area contributed by atoms with Crippen LogP contribution in [-0.4, -0.2) is 42.1 Å². The van der Waals surface area contributed by atoms with Gasteiger partial charge in [0.15, 0.2) is 9.84 Å². The molecule has 4 N–H and O–H groups in total. The first-order chi connectivity index (χ1) is 8.46. The number of aliphatic hydroxyl groups excluding tert-OH is 1. The van der Waals surface area contributed by atoms with Gasteiger partial charge in [-0.25, -0.2) is 8.42 Å². The van der Waals surface area contributed by atoms with Crippen molar-refractivity contribution in [2.24, 2.45) is 5.16 Å². The number of benzene rings is 1. The number of anilines is 1. The Hall–Kier alpha value is -1.60. The van der Waals surface area contributed by atoms with Crippen molar-refractivity contribution in [3.05, 3.63) is 29.8 Å². The molecular formula is C11H16N2O4S. The van der Waals surface area contributed by atoms with Gasteiger partial charge in [-0.15, -0.1) is 0 Å². The highest BCUT2D eigenvalue weighted by atomic mass is 32.2. The molecular weight excluding hydrogens is 256 g/mol. The van der Waals surface area contributed by atoms with Crippen molar-refractivity contribution in [1.82, 2.24) is 0 Å². The molecule has 1 rings (SSSR count). The highest BCUT2D eigenvalue weighted by Gasteiger charge is 2.30. The van der Waals surface area contributed by atoms with Gasteiger partial charge in [0, 0.05) is 17.0 Å². The lowest BCUT2D eigenvalue weighted by atomic mass is 10.1. The second-order valence-electron chi connectivity index (χ2n) is 3.73. The first-order valence-corrected chi connectivity index (χ1v) is 7.08. The lowest BCUT2D eigenvalue weighted by Crippen LogP contribution is -2.35. The number of nitrogen functional groups attached to an aromatic ring is 1. The molecule has 1 atom stereocenters. The van der Waals surface area contributed by atoms with E-state index >= 15 is 0 Å². The van der Waals surface area contributed by atoms with Crippen LogP contribution in [0.1, 0.15) is 12.5 Å². The van der Waals surface area contributed by atoms with Gasteiger partial charge in [-0.05, 0) is 12.1 Å². The van der Waals surface area contributed by atoms with E-state index in [1.807, 2.05) is 0 Å². The quantitative estimate of drug-likeness (QED) is 0.307. The molecule has 0 saturated heterocycles. The van der Waals surface area contributed by atoms with E-state index in [1.165, 1.54) is 13.0 Å². The van der Waals surface area contributed by atoms with Gasteiger partial charge in [-0.3, -0.25) is 0 Å². The zero-order chi connectivity index (χ0) is 13.8. The van der Waals surface area contributed by atoms with Crippen LogP contribution in [0.5, 0.6) is 0 Å². The summed E-state index contributed by atoms with van der Waals surface area (Å²) in [5, 5.41) is 20.0. The van der Waals surface area contributed by atoms with Crippen molar-refractivity contribution < 1.29 is 18.7 Å². The average Bonchev–Trinajstić information content (AvgIpc) is 2.35. The van der Waals surface area contributed by atoms with Crippen LogP contribution >= 0.6 is 0 Å². The number of oxime groups is 1. The van der Waals surface area contributed by atoms with Gasteiger partial charge in [0.25, 0.3) is 0 Å². The molecule has 0 spiro atoms. The fraction of sp³-hybridized carbons (Fsp3) is 0.364. The second-order valence-corrected chi connectivity index (χ2v) is 6.21. The standard InChI is InChI=1S/C11H16N2O4S/c1-2-18(16,17)10(7-14)11(13-15)8-4-3-5-9(12)6-8/h3-6,10,14-15H,2,7,12H2,1H3/b13-11-/t10-/m0/s1. The first kappa shape index (κ1) is 14.5. The molecule has 0 saturated carbocycles. The van der Waals surface area contributed by atoms with Crippen LogP contribution in [0.15, 0.2) is 29.4 Å². The highest BCUT2D eigenvalue weighted by Crippen LogP contribution is 2.15. The zero-order valence-corrected chi connectivity index (χ0v) is 10.8. The number of nitrogens with two attached hydrogens (primary N) is 1. The Morgan fingerprint density at radius 3 is 2.61 bits per heavy atom. The molecule has 0 bridgehead atoms. The van der Waals surface area contributed by atoms with Crippen LogP contribution in [0.3, 0.4) is 0 Å². The number of hydrogen-bond acceptors (Lipinski definition) is 6. The molecule has 0 aliphatic carbocycles. The van der Waals surface area contributed by atoms with Crippen LogP contribution in [0, 0.1) is 0 Å². The van der Waals surface area contributed by atoms with Gasteiger partial charge in [-0.1, -0.05) is 24.2 Å². The minimum absolute atomic E-state index is 0.105. The van der Waals surface area contributed by atoms with E-state index < -0.39 is 21.7 Å². The van der Waals surface area contributed by atoms with E-state index in [2.05, 4.69) is 5.16 Å². The summed E-state index contributed by atoms with van der Waals surface area (Å²) in [5.74, 6) is -0.153. The molecule has 0 aliphatic heterocycles. The second kappa shape index (κ2) is 5.83. The molecule has 0 fully saturated rings. The van der Waals surface area contributed by atoms with E-state index in [9.17, 15) is 13.5 Å². The van der Waals surface area contributed by atoms with E-state index in [4.69, 9.17) is 10.9 Å². The van der Waals surface area contributed by atoms with Crippen LogP contribution in [-0.2, 0) is 9.84 Å². The van der Waals surface area contributed by atoms with Gasteiger partial charge in [0.2, 0.25) is 0 Å². The predicted molar refractivity (Wildman–Crippen MR) is 69.5 cm³/mol. The van der Waals surface area contributed by atoms with E-state index in [-0.39, 0.29) is 11.5 Å². The van der Waals surface area contributed by atoms with Crippen LogP contribution in [0.2, 0.25) is 0 Å². The van der Waals surface area contributed by atoms with E-state index in [0.29, 0.717) is 11.3 Å². The largest absolute Gasteiger partial charge is 0.411 e. The van der Waals surface area contributed by atoms with Crippen molar-refractivity contribution in [1.29, 1.82) is 0 Å². The third-order valence-electron chi connectivity index (χ3n) is 2.60. The fourth-order valence-corrected chi connectivity index (χ4v) is 2.73. The molecule has 0 aromatic heterocycles. The maximum atomic E-state index is 11.8. The molecule has 0 heterocycles. The molecule has 0 amide bonds. The van der Waals surface area contributed by atoms with Gasteiger partial charge in [-0.2, -0.15) is 0 Å². The summed E-state index contributed by atoms with van der Waals surface area (Å²) in [7, 11) is -3.56. The minimum Gasteiger partial charge on any atom is -0.411 e. The third-order valence-corrected chi connectivity index (χ3v) is 4.64. The average molecular weight is 272 g/mol. The number of nitrogens with zero attached hydrogens (tertiary/aromatic N) is 1. The fourth-order valence-electron chi connectivity index (χ4n) is 1.58. The van der Waals surface area contributed by atoms with Crippen LogP contribution in [0.4, 0.5) is 5.69 Å². The molecule has 1 aromatic carbocycles. The third kappa shape index (κ3) is 2.99. The van der Waals surface area contributed by atoms with Crippen LogP contribution in [0.25, 0.3) is 0 Å². The Balaban J connectivity index is 3.26. The summed E-state index contributed by atoms with van der Waals surface area (Å²) in [6.07, 6.45) is 0. The summed E-state index contributed by atoms with van der Waals surface area (Å²) >= 11 is 0. The lowest BCUT2D eigenvalue weighted by molar-refractivity contribution is 0.296. The van der Waals surface area contributed by atoms with Gasteiger partial charge in [0.1, 0.15) is 11.0 Å². The van der Waals surface area contributed by atoms with Crippen LogP contribution < -0.4 is 5.73 Å². The topological polar surface area (TPSA) is 113 Å². The van der Waals surface area contributed by atoms with Gasteiger partial charge in [0.05, 0.1) is 6.61 Å². The number of rotatable bonds is 5. The Morgan fingerprint density at radius 1 is 1.50 bits per heavy atom. The molecule has 0 aliphatic rings. The summed E-state index contributed by atoms with van der Waals surface area (Å²) in [4.78, 5) is 0. The maximum absolute atomic E-state index is 11.8. The van der Waals surface area contributed by atoms with Crippen molar-refractivity contribution in [3.63, 3.8) is 0 Å². The molecule has 7 heteroatoms. The van der Waals surface area contributed by atoms with Crippen molar-refractivity contribution in [3.8, 4) is 0 Å². The Labute approximate surface area is 106 Å². The van der Waals surface area contributed by atoms with E-state index in [1.54, 1.807) is 18.2 Å². The molecule has 18 heavy (non-hydrogen) atoms. The minimum atomic E-state index is -3.56. The lowest BCUT2D eigenvalue weighted by Gasteiger charge is -2.15. The van der Waals surface area contributed by atoms with Gasteiger partial charge >= 0.3 is 0 Å². The summed E-state index contributed by atoms with van der Waals surface area (Å²) < 4.78 is 23.6. The summed E-state index contributed by atoms with van der Waals surface area (Å²) in [6, 6.07) is 6.30. The van der Waals surface area contributed by atoms with E-state index in [0.717, 1.165) is 0 Å². The monoisotopic (exact) mass is 272 g/mol. The van der Waals surface area contributed by atoms with Gasteiger partial charge < -0.3 is 16.0 Å². The van der Waals surface area contributed by atoms with Crippen molar-refractivity contribution in [2.45, 2.75) is 12.2 Å². The normalized spacial score (nSPS) is 14.4. The highest BCUT2D eigenvalue weighted by molar-refractivity contribution is 7.92. The first-order valence-electron chi connectivity index (χ1n) is 5.36. The Morgan fingerprint density at radius 2 is 2.17 bits per heavy atom. The van der Waals surface area contributed by atoms with Crippen molar-refractivity contribution >= 4 is 21.2 Å². The molecule has 0 unspecified atom stereocenters. The number of aliphatic hydroxyl groups is 1. The Bertz CT molecular complexity index is 540. The summed E-state index contributed by atoms with van der Waals surface area (Å²) in [6.45, 7) is 0.816.